The average Bonchev–Trinajstić information content (AvgIpc) is 2.37. The van der Waals surface area contributed by atoms with Gasteiger partial charge in [0.05, 0.1) is 7.11 Å². The monoisotopic (exact) mass is 281 g/mol. The smallest absolute Gasteiger partial charge is 0.303 e. The maximum Gasteiger partial charge on any atom is 0.303 e. The zero-order valence-corrected chi connectivity index (χ0v) is 11.5. The largest absolute Gasteiger partial charge is 0.504 e. The Morgan fingerprint density at radius 1 is 1.40 bits per heavy atom. The second-order valence-corrected chi connectivity index (χ2v) is 4.50. The molecule has 0 aliphatic rings. The molecule has 0 radical (unpaired) electrons. The number of aromatic hydroxyl groups is 1. The molecule has 1 atom stereocenters. The van der Waals surface area contributed by atoms with Gasteiger partial charge in [-0.05, 0) is 24.5 Å². The first-order chi connectivity index (χ1) is 9.43. The third-order valence-electron chi connectivity index (χ3n) is 2.88. The van der Waals surface area contributed by atoms with Crippen LogP contribution in [0, 0.1) is 0 Å². The fourth-order valence-electron chi connectivity index (χ4n) is 1.97. The Labute approximate surface area is 117 Å². The average molecular weight is 281 g/mol. The van der Waals surface area contributed by atoms with E-state index in [4.69, 9.17) is 9.84 Å². The normalized spacial score (nSPS) is 11.7. The summed E-state index contributed by atoms with van der Waals surface area (Å²) in [5.74, 6) is -0.791. The van der Waals surface area contributed by atoms with E-state index in [0.717, 1.165) is 0 Å². The van der Waals surface area contributed by atoms with E-state index in [1.54, 1.807) is 18.2 Å². The van der Waals surface area contributed by atoms with Crippen LogP contribution < -0.4 is 10.1 Å². The molecule has 0 heterocycles. The first-order valence-corrected chi connectivity index (χ1v) is 6.27. The van der Waals surface area contributed by atoms with Gasteiger partial charge in [0.1, 0.15) is 0 Å². The van der Waals surface area contributed by atoms with E-state index in [0.29, 0.717) is 24.2 Å². The number of carboxylic acid groups (broad SMARTS) is 1. The van der Waals surface area contributed by atoms with E-state index in [-0.39, 0.29) is 24.1 Å². The Morgan fingerprint density at radius 3 is 2.65 bits per heavy atom. The van der Waals surface area contributed by atoms with Gasteiger partial charge in [0.2, 0.25) is 5.91 Å². The summed E-state index contributed by atoms with van der Waals surface area (Å²) in [4.78, 5) is 21.8. The summed E-state index contributed by atoms with van der Waals surface area (Å²) in [6, 6.07) is 4.73. The van der Waals surface area contributed by atoms with Crippen molar-refractivity contribution in [3.8, 4) is 11.5 Å². The highest BCUT2D eigenvalue weighted by atomic mass is 16.5. The molecule has 0 aliphatic carbocycles. The maximum absolute atomic E-state index is 11.2. The Balaban J connectivity index is 2.82. The molecule has 1 rings (SSSR count). The van der Waals surface area contributed by atoms with Gasteiger partial charge in [-0.15, -0.1) is 0 Å². The number of carbonyl (C=O) groups is 2. The molecule has 0 fully saturated rings. The van der Waals surface area contributed by atoms with Crippen molar-refractivity contribution in [2.75, 3.05) is 7.11 Å². The molecule has 0 bridgehead atoms. The number of rotatable bonds is 7. The maximum atomic E-state index is 11.2. The minimum atomic E-state index is -0.921. The lowest BCUT2D eigenvalue weighted by atomic mass is 10.0. The molecule has 1 amide bonds. The van der Waals surface area contributed by atoms with Crippen LogP contribution in [0.25, 0.3) is 0 Å². The second kappa shape index (κ2) is 7.37. The summed E-state index contributed by atoms with van der Waals surface area (Å²) in [6.45, 7) is 1.37. The molecule has 1 unspecified atom stereocenters. The molecule has 1 aromatic rings. The molecular weight excluding hydrogens is 262 g/mol. The van der Waals surface area contributed by atoms with E-state index in [2.05, 4.69) is 5.32 Å². The number of para-hydroxylation sites is 1. The lowest BCUT2D eigenvalue weighted by Crippen LogP contribution is -2.35. The summed E-state index contributed by atoms with van der Waals surface area (Å²) < 4.78 is 5.02. The summed E-state index contributed by atoms with van der Waals surface area (Å²) in [6.07, 6.45) is 0.594. The molecule has 0 aliphatic heterocycles. The number of amides is 1. The first kappa shape index (κ1) is 15.8. The van der Waals surface area contributed by atoms with E-state index < -0.39 is 5.97 Å². The van der Waals surface area contributed by atoms with Crippen molar-refractivity contribution in [2.45, 2.75) is 32.2 Å². The molecule has 0 spiro atoms. The zero-order chi connectivity index (χ0) is 15.1. The van der Waals surface area contributed by atoms with Crippen LogP contribution >= 0.6 is 0 Å². The molecule has 20 heavy (non-hydrogen) atoms. The number of benzene rings is 1. The number of nitrogens with one attached hydrogen (secondary N) is 1. The number of carbonyl (C=O) groups excluding carboxylic acids is 1. The van der Waals surface area contributed by atoms with Gasteiger partial charge in [-0.25, -0.2) is 0 Å². The zero-order valence-electron chi connectivity index (χ0n) is 11.5. The van der Waals surface area contributed by atoms with Crippen molar-refractivity contribution in [3.05, 3.63) is 23.8 Å². The third kappa shape index (κ3) is 4.79. The Morgan fingerprint density at radius 2 is 2.10 bits per heavy atom. The first-order valence-electron chi connectivity index (χ1n) is 6.27. The van der Waals surface area contributed by atoms with E-state index >= 15 is 0 Å². The van der Waals surface area contributed by atoms with Crippen LogP contribution in [0.15, 0.2) is 18.2 Å². The quantitative estimate of drug-likeness (QED) is 0.700. The Hall–Kier alpha value is -2.24. The minimum Gasteiger partial charge on any atom is -0.504 e. The number of phenols is 1. The predicted octanol–water partition coefficient (Wildman–Crippen LogP) is 1.31. The van der Waals surface area contributed by atoms with Crippen molar-refractivity contribution in [1.29, 1.82) is 0 Å². The molecule has 6 heteroatoms. The summed E-state index contributed by atoms with van der Waals surface area (Å²) in [7, 11) is 1.45. The molecule has 0 aromatic heterocycles. The van der Waals surface area contributed by atoms with Crippen LogP contribution in [0.5, 0.6) is 11.5 Å². The number of phenolic OH excluding ortho intramolecular Hbond substituents is 1. The van der Waals surface area contributed by atoms with Gasteiger partial charge in [0.15, 0.2) is 11.5 Å². The lowest BCUT2D eigenvalue weighted by Gasteiger charge is -2.18. The Kier molecular flexibility index (Phi) is 5.83. The number of methoxy groups -OCH3 is 1. The highest BCUT2D eigenvalue weighted by Crippen LogP contribution is 2.30. The van der Waals surface area contributed by atoms with Gasteiger partial charge >= 0.3 is 5.97 Å². The van der Waals surface area contributed by atoms with Crippen LogP contribution in [0.1, 0.15) is 25.3 Å². The number of hydrogen-bond donors (Lipinski definition) is 3. The van der Waals surface area contributed by atoms with Crippen LogP contribution in [0.2, 0.25) is 0 Å². The van der Waals surface area contributed by atoms with E-state index in [1.807, 2.05) is 0 Å². The van der Waals surface area contributed by atoms with Gasteiger partial charge in [0, 0.05) is 19.4 Å². The molecule has 0 saturated carbocycles. The highest BCUT2D eigenvalue weighted by molar-refractivity contribution is 5.73. The molecule has 0 saturated heterocycles. The van der Waals surface area contributed by atoms with Gasteiger partial charge in [0.25, 0.3) is 0 Å². The number of hydrogen-bond acceptors (Lipinski definition) is 4. The highest BCUT2D eigenvalue weighted by Gasteiger charge is 2.16. The van der Waals surface area contributed by atoms with Crippen LogP contribution in [0.3, 0.4) is 0 Å². The summed E-state index contributed by atoms with van der Waals surface area (Å²) in [5.41, 5.74) is 0.605. The number of ether oxygens (including phenoxy) is 1. The summed E-state index contributed by atoms with van der Waals surface area (Å²) >= 11 is 0. The fraction of sp³-hybridized carbons (Fsp3) is 0.429. The van der Waals surface area contributed by atoms with E-state index in [1.165, 1.54) is 14.0 Å². The van der Waals surface area contributed by atoms with Crippen molar-refractivity contribution < 1.29 is 24.5 Å². The molecular formula is C14H19NO5. The molecule has 110 valence electrons. The topological polar surface area (TPSA) is 95.9 Å². The molecule has 3 N–H and O–H groups in total. The minimum absolute atomic E-state index is 0.0145. The fourth-order valence-corrected chi connectivity index (χ4v) is 1.97. The van der Waals surface area contributed by atoms with Crippen molar-refractivity contribution >= 4 is 11.9 Å². The number of aliphatic carboxylic acids is 1. The van der Waals surface area contributed by atoms with Crippen molar-refractivity contribution in [1.82, 2.24) is 5.32 Å². The second-order valence-electron chi connectivity index (χ2n) is 4.50. The van der Waals surface area contributed by atoms with Crippen molar-refractivity contribution in [3.63, 3.8) is 0 Å². The van der Waals surface area contributed by atoms with Crippen LogP contribution in [-0.2, 0) is 16.0 Å². The van der Waals surface area contributed by atoms with Crippen LogP contribution in [-0.4, -0.2) is 35.2 Å². The summed E-state index contributed by atoms with van der Waals surface area (Å²) in [5, 5.41) is 21.4. The van der Waals surface area contributed by atoms with Gasteiger partial charge in [-0.1, -0.05) is 12.1 Å². The third-order valence-corrected chi connectivity index (χ3v) is 2.88. The standard InChI is InChI=1S/C14H19NO5/c1-9(16)15-11(6-7-13(17)18)8-10-4-3-5-12(20-2)14(10)19/h3-5,11,19H,6-8H2,1-2H3,(H,15,16)(H,17,18). The SMILES string of the molecule is COc1cccc(CC(CCC(=O)O)NC(C)=O)c1O. The predicted molar refractivity (Wildman–Crippen MR) is 72.8 cm³/mol. The van der Waals surface area contributed by atoms with Gasteiger partial charge < -0.3 is 20.3 Å². The number of carboxylic acids is 1. The lowest BCUT2D eigenvalue weighted by molar-refractivity contribution is -0.137. The Bertz CT molecular complexity index is 486. The van der Waals surface area contributed by atoms with Gasteiger partial charge in [-0.2, -0.15) is 0 Å². The van der Waals surface area contributed by atoms with Crippen molar-refractivity contribution in [2.24, 2.45) is 0 Å². The van der Waals surface area contributed by atoms with E-state index in [9.17, 15) is 14.7 Å². The molecule has 6 nitrogen and oxygen atoms in total. The molecule has 1 aromatic carbocycles. The van der Waals surface area contributed by atoms with Crippen LogP contribution in [0.4, 0.5) is 0 Å². The van der Waals surface area contributed by atoms with Gasteiger partial charge in [-0.3, -0.25) is 9.59 Å².